The van der Waals surface area contributed by atoms with Crippen molar-refractivity contribution in [2.24, 2.45) is 0 Å². The highest BCUT2D eigenvalue weighted by Gasteiger charge is 2.04. The molecular weight excluding hydrogens is 212 g/mol. The van der Waals surface area contributed by atoms with E-state index < -0.39 is 7.91 Å². The normalized spacial score (nSPS) is 5.36. The lowest BCUT2D eigenvalue weighted by molar-refractivity contribution is 0.322. The first-order chi connectivity index (χ1) is 2.00. The summed E-state index contributed by atoms with van der Waals surface area (Å²) in [6.45, 7) is 0. The first-order valence-corrected chi connectivity index (χ1v) is 2.25. The Morgan fingerprint density at radius 1 is 0.818 bits per heavy atom. The second kappa shape index (κ2) is 22.6. The predicted molar refractivity (Wildman–Crippen MR) is 28.2 cm³/mol. The minimum absolute atomic E-state index is 0. The van der Waals surface area contributed by atoms with Crippen LogP contribution in [-0.2, 0) is 4.57 Å². The van der Waals surface area contributed by atoms with E-state index in [2.05, 4.69) is 0 Å². The van der Waals surface area contributed by atoms with Gasteiger partial charge >= 0.3 is 7.91 Å². The summed E-state index contributed by atoms with van der Waals surface area (Å²) < 4.78 is 19.0. The van der Waals surface area contributed by atoms with Gasteiger partial charge in [-0.15, -0.1) is 4.20 Å². The zero-order valence-corrected chi connectivity index (χ0v) is 5.47. The van der Waals surface area contributed by atoms with Gasteiger partial charge in [-0.05, 0) is 0 Å². The molecule has 0 aliphatic rings. The maximum absolute atomic E-state index is 10.4. The molecule has 0 bridgehead atoms. The largest absolute Gasteiger partial charge is 0.507 e. The third-order valence-corrected chi connectivity index (χ3v) is 0. The monoisotopic (exact) mass is 220 g/mol. The second-order valence-corrected chi connectivity index (χ2v) is 1.42. The quantitative estimate of drug-likeness (QED) is 0.472. The van der Waals surface area contributed by atoms with Gasteiger partial charge in [0.1, 0.15) is 0 Å². The topological polar surface area (TPSA) is 57.5 Å². The van der Waals surface area contributed by atoms with Gasteiger partial charge < -0.3 is 0 Å². The Hall–Kier alpha value is -0.340. The molecule has 0 fully saturated rings. The summed E-state index contributed by atoms with van der Waals surface area (Å²) in [5.74, 6) is 0. The van der Waals surface area contributed by atoms with Crippen molar-refractivity contribution < 1.29 is 46.8 Å². The van der Waals surface area contributed by atoms with Gasteiger partial charge in [-0.3, -0.25) is 38.0 Å². The zero-order chi connectivity index (χ0) is 4.50. The van der Waals surface area contributed by atoms with Crippen molar-refractivity contribution in [2.45, 2.75) is 0 Å². The number of rotatable bonds is 0. The third-order valence-electron chi connectivity index (χ3n) is 0. The van der Waals surface area contributed by atoms with E-state index in [1.54, 1.807) is 0 Å². The standard InChI is InChI=1S/FH2O3P.6FH/c1-5(2,3)4;;;;;;/h(H2,2,3,4);6*1H. The van der Waals surface area contributed by atoms with Crippen LogP contribution in [0.4, 0.5) is 32.4 Å². The van der Waals surface area contributed by atoms with Gasteiger partial charge in [0.05, 0.1) is 0 Å². The smallest absolute Gasteiger partial charge is 0.299 e. The first kappa shape index (κ1) is 74.3. The molecule has 0 heterocycles. The van der Waals surface area contributed by atoms with Crippen LogP contribution in [0.2, 0.25) is 0 Å². The minimum atomic E-state index is -5.14. The van der Waals surface area contributed by atoms with Crippen molar-refractivity contribution in [1.82, 2.24) is 0 Å². The lowest BCUT2D eigenvalue weighted by Gasteiger charge is -1.77. The van der Waals surface area contributed by atoms with Crippen molar-refractivity contribution in [3.8, 4) is 0 Å². The average Bonchev–Trinajstić information content (AvgIpc) is 0.722. The lowest BCUT2D eigenvalue weighted by atomic mass is 15.8. The molecule has 0 aromatic heterocycles. The molecule has 11 heteroatoms. The van der Waals surface area contributed by atoms with E-state index in [1.807, 2.05) is 0 Å². The number of hydrogen-bond acceptors (Lipinski definition) is 1. The van der Waals surface area contributed by atoms with E-state index >= 15 is 0 Å². The molecule has 0 aromatic carbocycles. The van der Waals surface area contributed by atoms with Crippen molar-refractivity contribution in [2.75, 3.05) is 0 Å². The summed E-state index contributed by atoms with van der Waals surface area (Å²) in [6, 6.07) is 0. The van der Waals surface area contributed by atoms with Crippen LogP contribution >= 0.6 is 7.91 Å². The van der Waals surface area contributed by atoms with Crippen LogP contribution in [0.25, 0.3) is 0 Å². The molecular formula is H8F7O3P. The van der Waals surface area contributed by atoms with E-state index in [-0.39, 0.29) is 28.2 Å². The molecule has 0 radical (unpaired) electrons. The Bertz CT molecular complexity index is 59.8. The molecule has 0 rings (SSSR count). The van der Waals surface area contributed by atoms with Crippen LogP contribution in [-0.4, -0.2) is 9.79 Å². The molecule has 0 atom stereocenters. The van der Waals surface area contributed by atoms with Crippen molar-refractivity contribution in [1.29, 1.82) is 0 Å². The Balaban J connectivity index is -0.00000000533. The van der Waals surface area contributed by atoms with Crippen LogP contribution < -0.4 is 0 Å². The summed E-state index contributed by atoms with van der Waals surface area (Å²) in [4.78, 5) is 13.9. The number of halogens is 7. The van der Waals surface area contributed by atoms with Crippen LogP contribution in [0.1, 0.15) is 0 Å². The fourth-order valence-corrected chi connectivity index (χ4v) is 0. The van der Waals surface area contributed by atoms with Crippen molar-refractivity contribution in [3.05, 3.63) is 0 Å². The lowest BCUT2D eigenvalue weighted by Crippen LogP contribution is -1.56. The Labute approximate surface area is 56.1 Å². The molecule has 0 saturated carbocycles. The average molecular weight is 220 g/mol. The van der Waals surface area contributed by atoms with E-state index in [0.717, 1.165) is 0 Å². The SMILES string of the molecule is F.F.F.F.F.F.O=P(O)(O)F. The fraction of sp³-hybridized carbons (Fsp3) is 0. The zero-order valence-electron chi connectivity index (χ0n) is 4.58. The number of hydrogen-bond donors (Lipinski definition) is 2. The summed E-state index contributed by atoms with van der Waals surface area (Å²) in [5.41, 5.74) is 0. The first-order valence-electron chi connectivity index (χ1n) is 0.752. The highest BCUT2D eigenvalue weighted by atomic mass is 31.2. The summed E-state index contributed by atoms with van der Waals surface area (Å²) >= 11 is 0. The fourth-order valence-electron chi connectivity index (χ4n) is 0. The van der Waals surface area contributed by atoms with Crippen LogP contribution in [0.15, 0.2) is 0 Å². The molecule has 0 saturated heterocycles. The molecule has 11 heavy (non-hydrogen) atoms. The molecule has 0 aliphatic carbocycles. The Kier molecular flexibility index (Phi) is 153. The highest BCUT2D eigenvalue weighted by Crippen LogP contribution is 2.34. The molecule has 80 valence electrons. The summed E-state index contributed by atoms with van der Waals surface area (Å²) in [6.07, 6.45) is 0. The molecule has 0 spiro atoms. The van der Waals surface area contributed by atoms with E-state index in [1.165, 1.54) is 0 Å². The maximum Gasteiger partial charge on any atom is 0.507 e. The van der Waals surface area contributed by atoms with Gasteiger partial charge in [0.25, 0.3) is 0 Å². The molecule has 0 aromatic rings. The summed E-state index contributed by atoms with van der Waals surface area (Å²) in [5, 5.41) is 0. The van der Waals surface area contributed by atoms with Crippen molar-refractivity contribution in [3.63, 3.8) is 0 Å². The van der Waals surface area contributed by atoms with Crippen LogP contribution in [0, 0.1) is 0 Å². The minimum Gasteiger partial charge on any atom is -0.299 e. The molecule has 2 N–H and O–H groups in total. The molecule has 0 unspecified atom stereocenters. The Morgan fingerprint density at radius 3 is 0.818 bits per heavy atom. The second-order valence-electron chi connectivity index (χ2n) is 0.473. The van der Waals surface area contributed by atoms with Gasteiger partial charge in [-0.25, -0.2) is 4.57 Å². The van der Waals surface area contributed by atoms with E-state index in [4.69, 9.17) is 14.4 Å². The van der Waals surface area contributed by atoms with Crippen LogP contribution in [0.3, 0.4) is 0 Å². The summed E-state index contributed by atoms with van der Waals surface area (Å²) in [7, 11) is -5.14. The molecule has 0 aliphatic heterocycles. The van der Waals surface area contributed by atoms with Gasteiger partial charge in [0.15, 0.2) is 0 Å². The van der Waals surface area contributed by atoms with Crippen LogP contribution in [0.5, 0.6) is 0 Å². The van der Waals surface area contributed by atoms with Crippen molar-refractivity contribution >= 4 is 7.91 Å². The highest BCUT2D eigenvalue weighted by molar-refractivity contribution is 7.45. The van der Waals surface area contributed by atoms with E-state index in [0.29, 0.717) is 0 Å². The Morgan fingerprint density at radius 2 is 0.818 bits per heavy atom. The maximum atomic E-state index is 10.4. The van der Waals surface area contributed by atoms with Gasteiger partial charge in [-0.2, -0.15) is 0 Å². The van der Waals surface area contributed by atoms with E-state index in [9.17, 15) is 4.20 Å². The van der Waals surface area contributed by atoms with Gasteiger partial charge in [0.2, 0.25) is 0 Å². The molecule has 3 nitrogen and oxygen atoms in total. The van der Waals surface area contributed by atoms with Gasteiger partial charge in [0, 0.05) is 0 Å². The third kappa shape index (κ3) is 4900. The van der Waals surface area contributed by atoms with Gasteiger partial charge in [-0.1, -0.05) is 0 Å². The molecule has 0 amide bonds. The predicted octanol–water partition coefficient (Wildman–Crippen LogP) is 0.964.